The van der Waals surface area contributed by atoms with Crippen molar-refractivity contribution >= 4 is 29.9 Å². The zero-order chi connectivity index (χ0) is 21.2. The Morgan fingerprint density at radius 1 is 1.16 bits per heavy atom. The Bertz CT molecular complexity index is 636. The van der Waals surface area contributed by atoms with Gasteiger partial charge in [0.25, 0.3) is 0 Å². The van der Waals surface area contributed by atoms with Crippen LogP contribution < -0.4 is 5.32 Å². The fourth-order valence-electron chi connectivity index (χ4n) is 5.27. The van der Waals surface area contributed by atoms with E-state index in [1.807, 2.05) is 0 Å². The zero-order valence-corrected chi connectivity index (χ0v) is 21.8. The highest BCUT2D eigenvalue weighted by atomic mass is 127. The highest BCUT2D eigenvalue weighted by Gasteiger charge is 2.36. The molecule has 0 amide bonds. The summed E-state index contributed by atoms with van der Waals surface area (Å²) in [6.07, 6.45) is 7.00. The summed E-state index contributed by atoms with van der Waals surface area (Å²) in [6.45, 7) is 10.9. The van der Waals surface area contributed by atoms with Crippen molar-refractivity contribution < 1.29 is 5.11 Å². The van der Waals surface area contributed by atoms with Gasteiger partial charge in [-0.25, -0.2) is 0 Å². The van der Waals surface area contributed by atoms with E-state index in [-0.39, 0.29) is 30.6 Å². The molecule has 1 aromatic carbocycles. The SMILES string of the molecule is CCCC(CCO)CN=C(NCC)N1CCC2C(CCCN2Cc2ccccc2)C1.I. The van der Waals surface area contributed by atoms with Gasteiger partial charge in [-0.1, -0.05) is 43.7 Å². The van der Waals surface area contributed by atoms with Crippen LogP contribution in [-0.2, 0) is 6.54 Å². The molecular formula is C25H43IN4O. The monoisotopic (exact) mass is 542 g/mol. The lowest BCUT2D eigenvalue weighted by Gasteiger charge is -2.48. The molecule has 2 aliphatic rings. The number of hydrogen-bond acceptors (Lipinski definition) is 3. The van der Waals surface area contributed by atoms with Crippen LogP contribution in [0.3, 0.4) is 0 Å². The number of piperidine rings is 2. The predicted octanol–water partition coefficient (Wildman–Crippen LogP) is 4.36. The molecule has 31 heavy (non-hydrogen) atoms. The molecule has 5 nitrogen and oxygen atoms in total. The molecule has 0 saturated carbocycles. The van der Waals surface area contributed by atoms with Crippen molar-refractivity contribution in [2.75, 3.05) is 39.3 Å². The molecule has 1 aromatic rings. The van der Waals surface area contributed by atoms with Gasteiger partial charge in [0, 0.05) is 45.4 Å². The van der Waals surface area contributed by atoms with E-state index in [1.165, 1.54) is 31.4 Å². The first-order chi connectivity index (χ1) is 14.7. The van der Waals surface area contributed by atoms with Gasteiger partial charge in [0.15, 0.2) is 5.96 Å². The first kappa shape index (κ1) is 26.4. The molecule has 0 radical (unpaired) electrons. The number of nitrogens with zero attached hydrogens (tertiary/aromatic N) is 3. The minimum Gasteiger partial charge on any atom is -0.396 e. The maximum absolute atomic E-state index is 9.36. The number of aliphatic hydroxyl groups excluding tert-OH is 1. The van der Waals surface area contributed by atoms with E-state index in [0.29, 0.717) is 12.0 Å². The lowest BCUT2D eigenvalue weighted by atomic mass is 9.83. The van der Waals surface area contributed by atoms with Crippen LogP contribution in [0.5, 0.6) is 0 Å². The van der Waals surface area contributed by atoms with Crippen LogP contribution >= 0.6 is 24.0 Å². The fourth-order valence-corrected chi connectivity index (χ4v) is 5.27. The second kappa shape index (κ2) is 14.3. The Labute approximate surface area is 206 Å². The molecule has 6 heteroatoms. The van der Waals surface area contributed by atoms with Gasteiger partial charge in [0.05, 0.1) is 0 Å². The topological polar surface area (TPSA) is 51.1 Å². The summed E-state index contributed by atoms with van der Waals surface area (Å²) in [6, 6.07) is 11.6. The molecule has 3 atom stereocenters. The Morgan fingerprint density at radius 3 is 2.68 bits per heavy atom. The van der Waals surface area contributed by atoms with Gasteiger partial charge in [-0.2, -0.15) is 0 Å². The van der Waals surface area contributed by atoms with E-state index in [0.717, 1.165) is 63.9 Å². The molecule has 0 spiro atoms. The number of nitrogens with one attached hydrogen (secondary N) is 1. The van der Waals surface area contributed by atoms with Gasteiger partial charge < -0.3 is 15.3 Å². The molecule has 2 heterocycles. The summed E-state index contributed by atoms with van der Waals surface area (Å²) in [7, 11) is 0. The van der Waals surface area contributed by atoms with Gasteiger partial charge in [0.1, 0.15) is 0 Å². The molecular weight excluding hydrogens is 499 g/mol. The molecule has 0 aliphatic carbocycles. The normalized spacial score (nSPS) is 23.1. The number of hydrogen-bond donors (Lipinski definition) is 2. The zero-order valence-electron chi connectivity index (χ0n) is 19.5. The maximum atomic E-state index is 9.36. The van der Waals surface area contributed by atoms with Crippen LogP contribution in [0.25, 0.3) is 0 Å². The predicted molar refractivity (Wildman–Crippen MR) is 141 cm³/mol. The largest absolute Gasteiger partial charge is 0.396 e. The van der Waals surface area contributed by atoms with Crippen molar-refractivity contribution in [3.8, 4) is 0 Å². The molecule has 0 bridgehead atoms. The van der Waals surface area contributed by atoms with Crippen LogP contribution in [0.4, 0.5) is 0 Å². The minimum absolute atomic E-state index is 0. The maximum Gasteiger partial charge on any atom is 0.193 e. The van der Waals surface area contributed by atoms with Crippen molar-refractivity contribution in [3.63, 3.8) is 0 Å². The summed E-state index contributed by atoms with van der Waals surface area (Å²) in [4.78, 5) is 10.2. The third-order valence-electron chi connectivity index (χ3n) is 6.78. The van der Waals surface area contributed by atoms with Crippen LogP contribution in [-0.4, -0.2) is 66.2 Å². The van der Waals surface area contributed by atoms with Crippen molar-refractivity contribution in [1.29, 1.82) is 0 Å². The first-order valence-corrected chi connectivity index (χ1v) is 12.2. The van der Waals surface area contributed by atoms with E-state index >= 15 is 0 Å². The quantitative estimate of drug-likeness (QED) is 0.277. The standard InChI is InChI=1S/C25H42N4O.HI/c1-3-9-21(14-17-30)18-27-25(26-4-2)29-16-13-24-23(20-29)12-8-15-28(24)19-22-10-6-5-7-11-22;/h5-7,10-11,21,23-24,30H,3-4,8-9,12-20H2,1-2H3,(H,26,27);1H. The van der Waals surface area contributed by atoms with Crippen LogP contribution in [0.15, 0.2) is 35.3 Å². The molecule has 0 aromatic heterocycles. The molecule has 3 rings (SSSR count). The van der Waals surface area contributed by atoms with Crippen molar-refractivity contribution in [2.45, 2.75) is 65.0 Å². The van der Waals surface area contributed by atoms with Gasteiger partial charge in [-0.3, -0.25) is 9.89 Å². The van der Waals surface area contributed by atoms with Gasteiger partial charge in [-0.05, 0) is 63.0 Å². The Morgan fingerprint density at radius 2 is 1.97 bits per heavy atom. The summed E-state index contributed by atoms with van der Waals surface area (Å²) in [5, 5.41) is 12.9. The fraction of sp³-hybridized carbons (Fsp3) is 0.720. The highest BCUT2D eigenvalue weighted by molar-refractivity contribution is 14.0. The summed E-state index contributed by atoms with van der Waals surface area (Å²) >= 11 is 0. The number of likely N-dealkylation sites (tertiary alicyclic amines) is 2. The molecule has 2 N–H and O–H groups in total. The number of benzene rings is 1. The number of fused-ring (bicyclic) bond motifs is 1. The van der Waals surface area contributed by atoms with E-state index < -0.39 is 0 Å². The average molecular weight is 543 g/mol. The molecule has 2 saturated heterocycles. The molecule has 2 fully saturated rings. The van der Waals surface area contributed by atoms with E-state index in [4.69, 9.17) is 4.99 Å². The highest BCUT2D eigenvalue weighted by Crippen LogP contribution is 2.31. The molecule has 2 aliphatic heterocycles. The third-order valence-corrected chi connectivity index (χ3v) is 6.78. The van der Waals surface area contributed by atoms with Crippen LogP contribution in [0.2, 0.25) is 0 Å². The van der Waals surface area contributed by atoms with Crippen LogP contribution in [0.1, 0.15) is 57.9 Å². The van der Waals surface area contributed by atoms with Crippen molar-refractivity contribution in [2.24, 2.45) is 16.8 Å². The number of rotatable bonds is 9. The lowest BCUT2D eigenvalue weighted by Crippen LogP contribution is -2.56. The molecule has 3 unspecified atom stereocenters. The summed E-state index contributed by atoms with van der Waals surface area (Å²) in [5.74, 6) is 2.29. The Kier molecular flexibility index (Phi) is 12.2. The van der Waals surface area contributed by atoms with Gasteiger partial charge >= 0.3 is 0 Å². The summed E-state index contributed by atoms with van der Waals surface area (Å²) < 4.78 is 0. The Hall–Kier alpha value is -0.860. The smallest absolute Gasteiger partial charge is 0.193 e. The number of aliphatic hydroxyl groups is 1. The van der Waals surface area contributed by atoms with E-state index in [1.54, 1.807) is 0 Å². The van der Waals surface area contributed by atoms with E-state index in [2.05, 4.69) is 59.3 Å². The lowest BCUT2D eigenvalue weighted by molar-refractivity contribution is 0.0372. The van der Waals surface area contributed by atoms with Crippen molar-refractivity contribution in [1.82, 2.24) is 15.1 Å². The summed E-state index contributed by atoms with van der Waals surface area (Å²) in [5.41, 5.74) is 1.43. The second-order valence-corrected chi connectivity index (χ2v) is 9.02. The first-order valence-electron chi connectivity index (χ1n) is 12.2. The number of halogens is 1. The number of aliphatic imine (C=N–C) groups is 1. The third kappa shape index (κ3) is 7.90. The van der Waals surface area contributed by atoms with Gasteiger partial charge in [0.2, 0.25) is 0 Å². The molecule has 176 valence electrons. The second-order valence-electron chi connectivity index (χ2n) is 9.02. The van der Waals surface area contributed by atoms with Gasteiger partial charge in [-0.15, -0.1) is 24.0 Å². The Balaban J connectivity index is 0.00000341. The minimum atomic E-state index is 0. The number of guanidine groups is 1. The van der Waals surface area contributed by atoms with Crippen molar-refractivity contribution in [3.05, 3.63) is 35.9 Å². The average Bonchev–Trinajstić information content (AvgIpc) is 2.77. The van der Waals surface area contributed by atoms with E-state index in [9.17, 15) is 5.11 Å². The van der Waals surface area contributed by atoms with Crippen LogP contribution in [0, 0.1) is 11.8 Å².